The zero-order valence-electron chi connectivity index (χ0n) is 13.7. The highest BCUT2D eigenvalue weighted by atomic mass is 32.1. The largest absolute Gasteiger partial charge is 0.467 e. The lowest BCUT2D eigenvalue weighted by Gasteiger charge is -2.30. The lowest BCUT2D eigenvalue weighted by atomic mass is 10.1. The number of furan rings is 1. The molecule has 0 radical (unpaired) electrons. The maximum atomic E-state index is 13.0. The molecule has 1 N–H and O–H groups in total. The van der Waals surface area contributed by atoms with E-state index >= 15 is 0 Å². The van der Waals surface area contributed by atoms with Crippen LogP contribution in [0.1, 0.15) is 61.4 Å². The van der Waals surface area contributed by atoms with Crippen LogP contribution < -0.4 is 5.32 Å². The van der Waals surface area contributed by atoms with Gasteiger partial charge in [-0.1, -0.05) is 12.8 Å². The smallest absolute Gasteiger partial charge is 0.318 e. The highest BCUT2D eigenvalue weighted by Crippen LogP contribution is 2.42. The Morgan fingerprint density at radius 1 is 1.33 bits per heavy atom. The summed E-state index contributed by atoms with van der Waals surface area (Å²) < 4.78 is 5.61. The standard InChI is InChI=1S/C18H23N3O2S/c22-18(20-16(13-7-8-13)17-19-9-12-24-17)21-10-3-1-2-5-14(21)15-6-4-11-23-15/h4,6,9,11-14,16H,1-3,5,7-8,10H2,(H,20,22)/t14-,16-/m1/s1. The molecule has 0 spiro atoms. The first kappa shape index (κ1) is 15.7. The summed E-state index contributed by atoms with van der Waals surface area (Å²) in [7, 11) is 0. The number of likely N-dealkylation sites (tertiary alicyclic amines) is 1. The van der Waals surface area contributed by atoms with E-state index in [1.807, 2.05) is 28.6 Å². The second kappa shape index (κ2) is 6.97. The molecule has 2 fully saturated rings. The molecule has 3 heterocycles. The van der Waals surface area contributed by atoms with E-state index in [0.29, 0.717) is 5.92 Å². The van der Waals surface area contributed by atoms with Gasteiger partial charge in [0.15, 0.2) is 0 Å². The van der Waals surface area contributed by atoms with Crippen molar-refractivity contribution in [1.29, 1.82) is 0 Å². The van der Waals surface area contributed by atoms with E-state index in [1.54, 1.807) is 17.6 Å². The predicted molar refractivity (Wildman–Crippen MR) is 92.7 cm³/mol. The molecule has 0 bridgehead atoms. The van der Waals surface area contributed by atoms with Crippen molar-refractivity contribution < 1.29 is 9.21 Å². The summed E-state index contributed by atoms with van der Waals surface area (Å²) >= 11 is 1.63. The molecule has 2 aliphatic rings. The number of carbonyl (C=O) groups is 1. The summed E-state index contributed by atoms with van der Waals surface area (Å²) in [4.78, 5) is 19.4. The van der Waals surface area contributed by atoms with Gasteiger partial charge in [0.1, 0.15) is 10.8 Å². The summed E-state index contributed by atoms with van der Waals surface area (Å²) in [6.07, 6.45) is 10.2. The van der Waals surface area contributed by atoms with Gasteiger partial charge in [0.05, 0.1) is 18.3 Å². The van der Waals surface area contributed by atoms with Crippen molar-refractivity contribution in [2.24, 2.45) is 5.92 Å². The molecular formula is C18H23N3O2S. The number of urea groups is 1. The topological polar surface area (TPSA) is 58.4 Å². The lowest BCUT2D eigenvalue weighted by molar-refractivity contribution is 0.161. The number of amides is 2. The first-order valence-electron chi connectivity index (χ1n) is 8.83. The Kier molecular flexibility index (Phi) is 4.56. The van der Waals surface area contributed by atoms with Crippen molar-refractivity contribution in [2.75, 3.05) is 6.54 Å². The maximum absolute atomic E-state index is 13.0. The average Bonchev–Trinajstić information content (AvgIpc) is 3.11. The molecule has 2 aromatic heterocycles. The summed E-state index contributed by atoms with van der Waals surface area (Å²) in [5, 5.41) is 6.27. The summed E-state index contributed by atoms with van der Waals surface area (Å²) in [6.45, 7) is 0.784. The van der Waals surface area contributed by atoms with Gasteiger partial charge in [0.2, 0.25) is 0 Å². The average molecular weight is 345 g/mol. The number of carbonyl (C=O) groups excluding carboxylic acids is 1. The fourth-order valence-electron chi connectivity index (χ4n) is 3.54. The minimum Gasteiger partial charge on any atom is -0.467 e. The lowest BCUT2D eigenvalue weighted by Crippen LogP contribution is -2.44. The van der Waals surface area contributed by atoms with Crippen molar-refractivity contribution in [3.63, 3.8) is 0 Å². The van der Waals surface area contributed by atoms with Crippen LogP contribution in [-0.2, 0) is 0 Å². The van der Waals surface area contributed by atoms with Crippen molar-refractivity contribution in [3.05, 3.63) is 40.7 Å². The van der Waals surface area contributed by atoms with E-state index in [-0.39, 0.29) is 18.1 Å². The predicted octanol–water partition coefficient (Wildman–Crippen LogP) is 4.51. The highest BCUT2D eigenvalue weighted by molar-refractivity contribution is 7.09. The molecule has 0 aromatic carbocycles. The van der Waals surface area contributed by atoms with E-state index < -0.39 is 0 Å². The number of thiazole rings is 1. The molecule has 1 aliphatic carbocycles. The van der Waals surface area contributed by atoms with Crippen molar-refractivity contribution in [2.45, 2.75) is 50.6 Å². The van der Waals surface area contributed by atoms with Crippen LogP contribution in [0, 0.1) is 5.92 Å². The molecule has 2 aromatic rings. The molecule has 1 saturated heterocycles. The maximum Gasteiger partial charge on any atom is 0.318 e. The first-order valence-corrected chi connectivity index (χ1v) is 9.71. The Hall–Kier alpha value is -1.82. The molecule has 0 unspecified atom stereocenters. The van der Waals surface area contributed by atoms with Gasteiger partial charge >= 0.3 is 6.03 Å². The third-order valence-electron chi connectivity index (χ3n) is 4.98. The third kappa shape index (κ3) is 3.34. The number of hydrogen-bond acceptors (Lipinski definition) is 4. The molecule has 2 amide bonds. The van der Waals surface area contributed by atoms with Crippen LogP contribution in [0.5, 0.6) is 0 Å². The van der Waals surface area contributed by atoms with Crippen LogP contribution in [0.25, 0.3) is 0 Å². The molecule has 1 saturated carbocycles. The quantitative estimate of drug-likeness (QED) is 0.886. The Morgan fingerprint density at radius 2 is 2.25 bits per heavy atom. The molecule has 1 aliphatic heterocycles. The summed E-state index contributed by atoms with van der Waals surface area (Å²) in [6, 6.07) is 4.00. The van der Waals surface area contributed by atoms with Crippen LogP contribution in [0.15, 0.2) is 34.4 Å². The zero-order chi connectivity index (χ0) is 16.4. The van der Waals surface area contributed by atoms with Crippen LogP contribution in [0.4, 0.5) is 4.79 Å². The fraction of sp³-hybridized carbons (Fsp3) is 0.556. The van der Waals surface area contributed by atoms with Crippen molar-refractivity contribution >= 4 is 17.4 Å². The van der Waals surface area contributed by atoms with Crippen LogP contribution in [0.2, 0.25) is 0 Å². The molecule has 128 valence electrons. The van der Waals surface area contributed by atoms with Gasteiger partial charge < -0.3 is 14.6 Å². The Bertz CT molecular complexity index is 652. The number of nitrogens with one attached hydrogen (secondary N) is 1. The number of nitrogens with zero attached hydrogens (tertiary/aromatic N) is 2. The monoisotopic (exact) mass is 345 g/mol. The molecule has 5 nitrogen and oxygen atoms in total. The van der Waals surface area contributed by atoms with Crippen molar-refractivity contribution in [1.82, 2.24) is 15.2 Å². The fourth-order valence-corrected chi connectivity index (χ4v) is 4.32. The van der Waals surface area contributed by atoms with Crippen LogP contribution in [-0.4, -0.2) is 22.5 Å². The van der Waals surface area contributed by atoms with Gasteiger partial charge in [0.25, 0.3) is 0 Å². The molecule has 24 heavy (non-hydrogen) atoms. The Morgan fingerprint density at radius 3 is 2.96 bits per heavy atom. The highest BCUT2D eigenvalue weighted by Gasteiger charge is 2.37. The van der Waals surface area contributed by atoms with Gasteiger partial charge in [-0.2, -0.15) is 0 Å². The summed E-state index contributed by atoms with van der Waals surface area (Å²) in [5.41, 5.74) is 0. The van der Waals surface area contributed by atoms with Gasteiger partial charge in [-0.3, -0.25) is 0 Å². The Balaban J connectivity index is 1.52. The van der Waals surface area contributed by atoms with Gasteiger partial charge in [-0.15, -0.1) is 11.3 Å². The van der Waals surface area contributed by atoms with Crippen LogP contribution >= 0.6 is 11.3 Å². The van der Waals surface area contributed by atoms with E-state index in [4.69, 9.17) is 4.42 Å². The second-order valence-electron chi connectivity index (χ2n) is 6.71. The number of rotatable bonds is 4. The SMILES string of the molecule is O=C(N[C@@H](c1nccs1)C1CC1)N1CCCCC[C@@H]1c1ccco1. The van der Waals surface area contributed by atoms with Gasteiger partial charge in [0, 0.05) is 18.1 Å². The Labute approximate surface area is 146 Å². The number of aromatic nitrogens is 1. The molecule has 4 rings (SSSR count). The van der Waals surface area contributed by atoms with E-state index in [9.17, 15) is 4.79 Å². The number of hydrogen-bond donors (Lipinski definition) is 1. The van der Waals surface area contributed by atoms with Gasteiger partial charge in [-0.25, -0.2) is 9.78 Å². The normalized spacial score (nSPS) is 22.8. The summed E-state index contributed by atoms with van der Waals surface area (Å²) in [5.74, 6) is 1.43. The molecule has 2 atom stereocenters. The minimum atomic E-state index is 0.0189. The minimum absolute atomic E-state index is 0.0189. The van der Waals surface area contributed by atoms with E-state index in [1.165, 1.54) is 19.3 Å². The second-order valence-corrected chi connectivity index (χ2v) is 7.64. The van der Waals surface area contributed by atoms with E-state index in [0.717, 1.165) is 36.6 Å². The third-order valence-corrected chi connectivity index (χ3v) is 5.83. The van der Waals surface area contributed by atoms with Gasteiger partial charge in [-0.05, 0) is 43.7 Å². The van der Waals surface area contributed by atoms with E-state index in [2.05, 4.69) is 10.3 Å². The van der Waals surface area contributed by atoms with Crippen LogP contribution in [0.3, 0.4) is 0 Å². The zero-order valence-corrected chi connectivity index (χ0v) is 14.5. The molecular weight excluding hydrogens is 322 g/mol. The first-order chi connectivity index (χ1) is 11.8. The van der Waals surface area contributed by atoms with Crippen molar-refractivity contribution in [3.8, 4) is 0 Å². The molecule has 6 heteroatoms.